The van der Waals surface area contributed by atoms with Crippen LogP contribution in [0.3, 0.4) is 0 Å². The number of rotatable bonds is 0. The number of hydrogen-bond donors (Lipinski definition) is 1. The summed E-state index contributed by atoms with van der Waals surface area (Å²) >= 11 is 3.43. The molecule has 2 aromatic rings. The zero-order valence-corrected chi connectivity index (χ0v) is 9.09. The van der Waals surface area contributed by atoms with Gasteiger partial charge in [0, 0.05) is 11.5 Å². The van der Waals surface area contributed by atoms with Gasteiger partial charge in [-0.25, -0.2) is 4.98 Å². The first-order valence-electron chi connectivity index (χ1n) is 3.97. The van der Waals surface area contributed by atoms with Gasteiger partial charge in [-0.1, -0.05) is 15.9 Å². The largest absolute Gasteiger partial charge is 0.369 e. The van der Waals surface area contributed by atoms with Crippen LogP contribution in [0.5, 0.6) is 0 Å². The van der Waals surface area contributed by atoms with Gasteiger partial charge in [0.15, 0.2) is 0 Å². The quantitative estimate of drug-likeness (QED) is 0.767. The van der Waals surface area contributed by atoms with Gasteiger partial charge in [0.05, 0.1) is 11.0 Å². The molecule has 0 aliphatic rings. The highest BCUT2D eigenvalue weighted by molar-refractivity contribution is 9.10. The van der Waals surface area contributed by atoms with E-state index in [1.54, 1.807) is 0 Å². The Kier molecular flexibility index (Phi) is 1.80. The monoisotopic (exact) mass is 239 g/mol. The summed E-state index contributed by atoms with van der Waals surface area (Å²) in [6, 6.07) is 4.03. The molecular weight excluding hydrogens is 230 g/mol. The van der Waals surface area contributed by atoms with Crippen molar-refractivity contribution in [2.24, 2.45) is 7.05 Å². The number of nitrogens with zero attached hydrogens (tertiary/aromatic N) is 2. The fourth-order valence-electron chi connectivity index (χ4n) is 1.55. The van der Waals surface area contributed by atoms with E-state index in [4.69, 9.17) is 5.73 Å². The van der Waals surface area contributed by atoms with Crippen LogP contribution in [0.25, 0.3) is 11.0 Å². The van der Waals surface area contributed by atoms with E-state index in [2.05, 4.69) is 27.0 Å². The number of fused-ring (bicyclic) bond motifs is 1. The summed E-state index contributed by atoms with van der Waals surface area (Å²) in [5.74, 6) is 0.552. The highest BCUT2D eigenvalue weighted by atomic mass is 79.9. The molecule has 4 heteroatoms. The lowest BCUT2D eigenvalue weighted by Crippen LogP contribution is -1.96. The van der Waals surface area contributed by atoms with Gasteiger partial charge >= 0.3 is 0 Å². The molecule has 0 spiro atoms. The Balaban J connectivity index is 2.94. The Morgan fingerprint density at radius 1 is 1.46 bits per heavy atom. The van der Waals surface area contributed by atoms with Gasteiger partial charge in [-0.15, -0.1) is 0 Å². The number of nitrogens with two attached hydrogens (primary N) is 1. The summed E-state index contributed by atoms with van der Waals surface area (Å²) in [5.41, 5.74) is 8.92. The van der Waals surface area contributed by atoms with Crippen LogP contribution < -0.4 is 5.73 Å². The Morgan fingerprint density at radius 3 is 2.85 bits per heavy atom. The van der Waals surface area contributed by atoms with E-state index in [-0.39, 0.29) is 0 Å². The Hall–Kier alpha value is -1.03. The molecule has 0 atom stereocenters. The molecule has 0 radical (unpaired) electrons. The fourth-order valence-corrected chi connectivity index (χ4v) is 2.11. The minimum Gasteiger partial charge on any atom is -0.369 e. The maximum atomic E-state index is 5.71. The number of imidazole rings is 1. The summed E-state index contributed by atoms with van der Waals surface area (Å²) in [4.78, 5) is 4.25. The molecule has 13 heavy (non-hydrogen) atoms. The lowest BCUT2D eigenvalue weighted by atomic mass is 10.2. The topological polar surface area (TPSA) is 43.8 Å². The third-order valence-corrected chi connectivity index (χ3v) is 2.62. The van der Waals surface area contributed by atoms with Gasteiger partial charge in [0.2, 0.25) is 5.95 Å². The average molecular weight is 240 g/mol. The number of aromatic nitrogens is 2. The van der Waals surface area contributed by atoms with Crippen LogP contribution in [0.4, 0.5) is 5.95 Å². The lowest BCUT2D eigenvalue weighted by Gasteiger charge is -2.00. The molecule has 0 unspecified atom stereocenters. The summed E-state index contributed by atoms with van der Waals surface area (Å²) in [6.07, 6.45) is 0. The number of nitrogen functional groups attached to an aromatic ring is 1. The van der Waals surface area contributed by atoms with Crippen molar-refractivity contribution in [3.63, 3.8) is 0 Å². The smallest absolute Gasteiger partial charge is 0.200 e. The number of aryl methyl sites for hydroxylation is 2. The van der Waals surface area contributed by atoms with Crippen LogP contribution >= 0.6 is 15.9 Å². The van der Waals surface area contributed by atoms with E-state index < -0.39 is 0 Å². The Morgan fingerprint density at radius 2 is 2.15 bits per heavy atom. The maximum absolute atomic E-state index is 5.71. The van der Waals surface area contributed by atoms with Gasteiger partial charge in [0.1, 0.15) is 0 Å². The number of hydrogen-bond acceptors (Lipinski definition) is 2. The third-order valence-electron chi connectivity index (χ3n) is 2.16. The Bertz CT molecular complexity index is 473. The molecule has 68 valence electrons. The summed E-state index contributed by atoms with van der Waals surface area (Å²) in [5, 5.41) is 0. The SMILES string of the molecule is Cc1cc(Br)cc2nc(N)n(C)c12. The molecule has 0 saturated heterocycles. The highest BCUT2D eigenvalue weighted by Crippen LogP contribution is 2.24. The van der Waals surface area contributed by atoms with E-state index in [0.717, 1.165) is 15.5 Å². The third kappa shape index (κ3) is 1.21. The van der Waals surface area contributed by atoms with E-state index >= 15 is 0 Å². The van der Waals surface area contributed by atoms with Crippen molar-refractivity contribution in [2.45, 2.75) is 6.92 Å². The molecule has 0 aliphatic carbocycles. The predicted molar refractivity (Wildman–Crippen MR) is 57.6 cm³/mol. The van der Waals surface area contributed by atoms with Crippen molar-refractivity contribution >= 4 is 32.9 Å². The zero-order chi connectivity index (χ0) is 9.59. The van der Waals surface area contributed by atoms with Gasteiger partial charge < -0.3 is 10.3 Å². The van der Waals surface area contributed by atoms with Crippen LogP contribution in [0.15, 0.2) is 16.6 Å². The fraction of sp³-hybridized carbons (Fsp3) is 0.222. The van der Waals surface area contributed by atoms with Crippen molar-refractivity contribution in [2.75, 3.05) is 5.73 Å². The second kappa shape index (κ2) is 2.73. The van der Waals surface area contributed by atoms with Crippen molar-refractivity contribution in [1.82, 2.24) is 9.55 Å². The maximum Gasteiger partial charge on any atom is 0.200 e. The standard InChI is InChI=1S/C9H10BrN3/c1-5-3-6(10)4-7-8(5)13(2)9(11)12-7/h3-4H,1-2H3,(H2,11,12). The first-order chi connectivity index (χ1) is 6.09. The molecule has 0 amide bonds. The Labute approximate surface area is 84.7 Å². The minimum atomic E-state index is 0.552. The normalized spacial score (nSPS) is 11.0. The number of halogens is 1. The molecule has 2 rings (SSSR count). The van der Waals surface area contributed by atoms with Crippen LogP contribution in [-0.4, -0.2) is 9.55 Å². The molecule has 1 heterocycles. The van der Waals surface area contributed by atoms with Gasteiger partial charge in [-0.2, -0.15) is 0 Å². The van der Waals surface area contributed by atoms with E-state index in [1.165, 1.54) is 5.56 Å². The van der Waals surface area contributed by atoms with Crippen molar-refractivity contribution in [3.05, 3.63) is 22.2 Å². The zero-order valence-electron chi connectivity index (χ0n) is 7.50. The summed E-state index contributed by atoms with van der Waals surface area (Å²) in [6.45, 7) is 2.05. The van der Waals surface area contributed by atoms with Crippen molar-refractivity contribution < 1.29 is 0 Å². The molecule has 1 aromatic heterocycles. The second-order valence-corrected chi connectivity index (χ2v) is 4.04. The van der Waals surface area contributed by atoms with Crippen LogP contribution in [0.1, 0.15) is 5.56 Å². The van der Waals surface area contributed by atoms with Crippen LogP contribution in [0, 0.1) is 6.92 Å². The van der Waals surface area contributed by atoms with Crippen molar-refractivity contribution in [3.8, 4) is 0 Å². The predicted octanol–water partition coefficient (Wildman–Crippen LogP) is 2.23. The van der Waals surface area contributed by atoms with E-state index in [0.29, 0.717) is 5.95 Å². The molecule has 0 saturated carbocycles. The lowest BCUT2D eigenvalue weighted by molar-refractivity contribution is 0.961. The first kappa shape index (κ1) is 8.56. The molecule has 2 N–H and O–H groups in total. The molecule has 0 fully saturated rings. The second-order valence-electron chi connectivity index (χ2n) is 3.12. The van der Waals surface area contributed by atoms with E-state index in [9.17, 15) is 0 Å². The number of anilines is 1. The molecule has 0 aliphatic heterocycles. The van der Waals surface area contributed by atoms with Crippen LogP contribution in [0.2, 0.25) is 0 Å². The van der Waals surface area contributed by atoms with Gasteiger partial charge in [0.25, 0.3) is 0 Å². The minimum absolute atomic E-state index is 0.552. The highest BCUT2D eigenvalue weighted by Gasteiger charge is 2.07. The molecular formula is C9H10BrN3. The molecule has 0 bridgehead atoms. The number of benzene rings is 1. The van der Waals surface area contributed by atoms with E-state index in [1.807, 2.05) is 24.6 Å². The van der Waals surface area contributed by atoms with Gasteiger partial charge in [-0.3, -0.25) is 0 Å². The summed E-state index contributed by atoms with van der Waals surface area (Å²) < 4.78 is 2.94. The van der Waals surface area contributed by atoms with Gasteiger partial charge in [-0.05, 0) is 24.6 Å². The summed E-state index contributed by atoms with van der Waals surface area (Å²) in [7, 11) is 1.92. The molecule has 1 aromatic carbocycles. The van der Waals surface area contributed by atoms with Crippen molar-refractivity contribution in [1.29, 1.82) is 0 Å². The average Bonchev–Trinajstić information content (AvgIpc) is 2.27. The first-order valence-corrected chi connectivity index (χ1v) is 4.77. The molecule has 3 nitrogen and oxygen atoms in total. The van der Waals surface area contributed by atoms with Crippen LogP contribution in [-0.2, 0) is 7.05 Å².